The standard InChI is InChI=1S/C53H46N6O2S2.CH4/c1-56-43-19-7-5-17-40(43)29-31-45(56)46-32-30-41-18-6-8-20-44(41)57(46)34-13-14-36-61-51(60)42-27-25-38(26-28-42)33-35-58-47-21-9-11-23-49(47)62-52(58)54-55-53-59(37-39-15-3-2-4-16-39)48-22-10-12-24-50(48)63-53;/h2-12,15-32H,13-14,33-37H2,1H3;1H4/q+2;/b54-52-,55-53+;. The van der Waals surface area contributed by atoms with E-state index in [4.69, 9.17) is 14.9 Å². The zero-order chi connectivity index (χ0) is 42.5. The number of fused-ring (bicyclic) bond motifs is 4. The molecule has 0 bridgehead atoms. The molecule has 10 aromatic rings. The summed E-state index contributed by atoms with van der Waals surface area (Å²) in [4.78, 5) is 14.9. The SMILES string of the molecule is C.C[n+]1c(-c2ccc3ccccc3[n+]2CCCCOC(=O)c2ccc(CCn3/c(=N/N=c4/sc5ccccc5n4Cc4ccccc4)sc4ccccc43)cc2)ccc2ccccc21. The molecule has 0 saturated carbocycles. The average molecular weight is 879 g/mol. The predicted molar refractivity (Wildman–Crippen MR) is 261 cm³/mol. The lowest BCUT2D eigenvalue weighted by molar-refractivity contribution is -0.680. The van der Waals surface area contributed by atoms with E-state index in [0.29, 0.717) is 25.3 Å². The topological polar surface area (TPSA) is 68.6 Å². The second-order valence-electron chi connectivity index (χ2n) is 15.7. The molecule has 0 aliphatic rings. The first-order valence-corrected chi connectivity index (χ1v) is 23.0. The number of nitrogens with zero attached hydrogens (tertiary/aromatic N) is 6. The van der Waals surface area contributed by atoms with E-state index in [-0.39, 0.29) is 13.4 Å². The number of aromatic nitrogens is 4. The lowest BCUT2D eigenvalue weighted by Gasteiger charge is -2.09. The first kappa shape index (κ1) is 42.3. The van der Waals surface area contributed by atoms with Crippen LogP contribution in [0.25, 0.3) is 53.6 Å². The van der Waals surface area contributed by atoms with Crippen LogP contribution in [0.3, 0.4) is 0 Å². The van der Waals surface area contributed by atoms with Crippen LogP contribution in [0.1, 0.15) is 41.8 Å². The van der Waals surface area contributed by atoms with Gasteiger partial charge < -0.3 is 13.9 Å². The van der Waals surface area contributed by atoms with Gasteiger partial charge in [0.05, 0.1) is 39.1 Å². The molecule has 0 unspecified atom stereocenters. The van der Waals surface area contributed by atoms with Crippen LogP contribution < -0.4 is 18.7 Å². The molecule has 0 radical (unpaired) electrons. The number of pyridine rings is 2. The van der Waals surface area contributed by atoms with Crippen molar-refractivity contribution in [3.05, 3.63) is 202 Å². The number of ether oxygens (including phenoxy) is 1. The number of aryl methyl sites for hydroxylation is 4. The highest BCUT2D eigenvalue weighted by Gasteiger charge is 2.25. The molecule has 0 atom stereocenters. The number of carbonyl (C=O) groups excluding carboxylic acids is 1. The van der Waals surface area contributed by atoms with E-state index in [1.165, 1.54) is 32.1 Å². The normalized spacial score (nSPS) is 12.1. The Labute approximate surface area is 380 Å². The summed E-state index contributed by atoms with van der Waals surface area (Å²) in [6, 6.07) is 61.0. The van der Waals surface area contributed by atoms with Crippen LogP contribution in [0.15, 0.2) is 186 Å². The summed E-state index contributed by atoms with van der Waals surface area (Å²) < 4.78 is 17.3. The van der Waals surface area contributed by atoms with Gasteiger partial charge in [-0.25, -0.2) is 4.79 Å². The number of rotatable bonds is 13. The van der Waals surface area contributed by atoms with Crippen LogP contribution in [0, 0.1) is 0 Å². The van der Waals surface area contributed by atoms with E-state index >= 15 is 0 Å². The monoisotopic (exact) mass is 878 g/mol. The molecule has 10 heteroatoms. The Morgan fingerprint density at radius 1 is 0.578 bits per heavy atom. The number of unbranched alkanes of at least 4 members (excludes halogenated alkanes) is 1. The third-order valence-electron chi connectivity index (χ3n) is 11.7. The Kier molecular flexibility index (Phi) is 12.7. The van der Waals surface area contributed by atoms with Crippen molar-refractivity contribution in [3.63, 3.8) is 0 Å². The van der Waals surface area contributed by atoms with Gasteiger partial charge in [0.25, 0.3) is 11.4 Å². The summed E-state index contributed by atoms with van der Waals surface area (Å²) in [5.74, 6) is -0.296. The Balaban J connectivity index is 0.00000518. The molecular formula is C54H50N6O2S2+2. The summed E-state index contributed by atoms with van der Waals surface area (Å²) in [5, 5.41) is 12.2. The van der Waals surface area contributed by atoms with Gasteiger partial charge in [-0.1, -0.05) is 121 Å². The van der Waals surface area contributed by atoms with Gasteiger partial charge in [-0.2, -0.15) is 9.13 Å². The fourth-order valence-corrected chi connectivity index (χ4v) is 10.4. The highest BCUT2D eigenvalue weighted by Crippen LogP contribution is 2.22. The van der Waals surface area contributed by atoms with Crippen LogP contribution in [0.2, 0.25) is 0 Å². The van der Waals surface area contributed by atoms with Gasteiger partial charge in [0.2, 0.25) is 20.6 Å². The van der Waals surface area contributed by atoms with Crippen LogP contribution >= 0.6 is 22.7 Å². The minimum absolute atomic E-state index is 0. The van der Waals surface area contributed by atoms with E-state index in [0.717, 1.165) is 68.1 Å². The fourth-order valence-electron chi connectivity index (χ4n) is 8.41. The quantitative estimate of drug-likeness (QED) is 0.0501. The Morgan fingerprint density at radius 3 is 1.88 bits per heavy atom. The fraction of sp³-hybridized carbons (Fsp3) is 0.167. The first-order valence-electron chi connectivity index (χ1n) is 21.4. The molecule has 0 aliphatic carbocycles. The van der Waals surface area contributed by atoms with Crippen molar-refractivity contribution in [2.45, 2.75) is 46.3 Å². The van der Waals surface area contributed by atoms with Crippen molar-refractivity contribution >= 4 is 70.9 Å². The van der Waals surface area contributed by atoms with E-state index in [9.17, 15) is 4.79 Å². The molecular weight excluding hydrogens is 829 g/mol. The molecule has 0 saturated heterocycles. The summed E-state index contributed by atoms with van der Waals surface area (Å²) in [6.07, 6.45) is 2.39. The smallest absolute Gasteiger partial charge is 0.338 e. The minimum atomic E-state index is -0.296. The molecule has 4 aromatic heterocycles. The van der Waals surface area contributed by atoms with Crippen LogP contribution in [-0.2, 0) is 37.8 Å². The molecule has 10 rings (SSSR count). The molecule has 0 aliphatic heterocycles. The number of esters is 1. The van der Waals surface area contributed by atoms with Crippen LogP contribution in [-0.4, -0.2) is 21.7 Å². The number of hydrogen-bond donors (Lipinski definition) is 0. The van der Waals surface area contributed by atoms with Crippen LogP contribution in [0.4, 0.5) is 0 Å². The van der Waals surface area contributed by atoms with Gasteiger partial charge in [0.1, 0.15) is 13.6 Å². The number of carbonyl (C=O) groups is 1. The highest BCUT2D eigenvalue weighted by atomic mass is 32.1. The van der Waals surface area contributed by atoms with Crippen molar-refractivity contribution in [1.82, 2.24) is 9.13 Å². The lowest BCUT2D eigenvalue weighted by atomic mass is 10.1. The molecule has 318 valence electrons. The minimum Gasteiger partial charge on any atom is -0.462 e. The zero-order valence-electron chi connectivity index (χ0n) is 35.0. The molecule has 8 nitrogen and oxygen atoms in total. The lowest BCUT2D eigenvalue weighted by Crippen LogP contribution is -2.42. The molecule has 64 heavy (non-hydrogen) atoms. The van der Waals surface area contributed by atoms with Gasteiger partial charge in [-0.15, -0.1) is 10.2 Å². The maximum atomic E-state index is 13.2. The van der Waals surface area contributed by atoms with Gasteiger partial charge in [-0.05, 0) is 84.6 Å². The van der Waals surface area contributed by atoms with Gasteiger partial charge in [-0.3, -0.25) is 0 Å². The number of para-hydroxylation sites is 4. The number of hydrogen-bond acceptors (Lipinski definition) is 6. The second-order valence-corrected chi connectivity index (χ2v) is 17.7. The Morgan fingerprint density at radius 2 is 1.16 bits per heavy atom. The van der Waals surface area contributed by atoms with Gasteiger partial charge in [0, 0.05) is 48.0 Å². The summed E-state index contributed by atoms with van der Waals surface area (Å²) >= 11 is 3.30. The zero-order valence-corrected chi connectivity index (χ0v) is 36.6. The predicted octanol–water partition coefficient (Wildman–Crippen LogP) is 10.8. The Bertz CT molecular complexity index is 3400. The maximum Gasteiger partial charge on any atom is 0.338 e. The van der Waals surface area contributed by atoms with E-state index in [1.807, 2.05) is 30.3 Å². The summed E-state index contributed by atoms with van der Waals surface area (Å²) in [5.41, 5.74) is 9.86. The average Bonchev–Trinajstić information content (AvgIpc) is 3.87. The Hall–Kier alpha value is -7.01. The van der Waals surface area contributed by atoms with Crippen molar-refractivity contribution in [2.24, 2.45) is 17.3 Å². The van der Waals surface area contributed by atoms with E-state index in [2.05, 4.69) is 171 Å². The number of benzene rings is 6. The molecule has 4 heterocycles. The van der Waals surface area contributed by atoms with E-state index < -0.39 is 0 Å². The van der Waals surface area contributed by atoms with Gasteiger partial charge >= 0.3 is 5.97 Å². The van der Waals surface area contributed by atoms with Gasteiger partial charge in [0.15, 0.2) is 0 Å². The number of thiazole rings is 2. The van der Waals surface area contributed by atoms with Crippen molar-refractivity contribution in [1.29, 1.82) is 0 Å². The third-order valence-corrected chi connectivity index (χ3v) is 13.8. The van der Waals surface area contributed by atoms with Crippen molar-refractivity contribution in [2.75, 3.05) is 6.61 Å². The highest BCUT2D eigenvalue weighted by molar-refractivity contribution is 7.16. The van der Waals surface area contributed by atoms with Crippen molar-refractivity contribution < 1.29 is 18.7 Å². The molecule has 6 aromatic carbocycles. The molecule has 0 N–H and O–H groups in total. The first-order chi connectivity index (χ1) is 31.1. The van der Waals surface area contributed by atoms with Crippen molar-refractivity contribution in [3.8, 4) is 11.4 Å². The molecule has 0 fully saturated rings. The summed E-state index contributed by atoms with van der Waals surface area (Å²) in [6.45, 7) is 2.59. The molecule has 0 spiro atoms. The molecule has 0 amide bonds. The summed E-state index contributed by atoms with van der Waals surface area (Å²) in [7, 11) is 2.13. The largest absolute Gasteiger partial charge is 0.462 e. The second kappa shape index (κ2) is 19.2. The van der Waals surface area contributed by atoms with Crippen LogP contribution in [0.5, 0.6) is 0 Å². The maximum absolute atomic E-state index is 13.2. The van der Waals surface area contributed by atoms with E-state index in [1.54, 1.807) is 22.7 Å². The third kappa shape index (κ3) is 8.80.